The van der Waals surface area contributed by atoms with Gasteiger partial charge in [0.05, 0.1) is 12.5 Å². The minimum atomic E-state index is -0.0932. The quantitative estimate of drug-likeness (QED) is 0.596. The highest BCUT2D eigenvalue weighted by Crippen LogP contribution is 2.08. The summed E-state index contributed by atoms with van der Waals surface area (Å²) in [5, 5.41) is 2.99. The Morgan fingerprint density at radius 2 is 2.64 bits per heavy atom. The second kappa shape index (κ2) is 4.01. The number of hydrogen-bond acceptors (Lipinski definition) is 3. The summed E-state index contributed by atoms with van der Waals surface area (Å²) in [6, 6.07) is 0. The zero-order chi connectivity index (χ0) is 8.10. The summed E-state index contributed by atoms with van der Waals surface area (Å²) >= 11 is 0. The smallest absolute Gasteiger partial charge is 0.311 e. The molecule has 1 heterocycles. The fourth-order valence-corrected chi connectivity index (χ4v) is 1.05. The molecular weight excluding hydrogens is 142 g/mol. The van der Waals surface area contributed by atoms with Crippen molar-refractivity contribution in [2.24, 2.45) is 5.92 Å². The van der Waals surface area contributed by atoms with E-state index >= 15 is 0 Å². The Morgan fingerprint density at radius 3 is 3.18 bits per heavy atom. The summed E-state index contributed by atoms with van der Waals surface area (Å²) in [7, 11) is 0. The van der Waals surface area contributed by atoms with E-state index in [1.165, 1.54) is 0 Å². The normalized spacial score (nSPS) is 22.5. The van der Waals surface area contributed by atoms with Gasteiger partial charge in [-0.05, 0) is 19.5 Å². The molecule has 0 radical (unpaired) electrons. The Hall–Kier alpha value is -0.990. The molecule has 3 nitrogen and oxygen atoms in total. The van der Waals surface area contributed by atoms with Gasteiger partial charge in [0.2, 0.25) is 0 Å². The highest BCUT2D eigenvalue weighted by molar-refractivity contribution is 5.73. The first kappa shape index (κ1) is 8.11. The lowest BCUT2D eigenvalue weighted by Crippen LogP contribution is -2.29. The molecule has 0 spiro atoms. The second-order valence-electron chi connectivity index (χ2n) is 2.50. The first-order valence-corrected chi connectivity index (χ1v) is 3.89. The molecule has 1 aliphatic rings. The van der Waals surface area contributed by atoms with Crippen LogP contribution in [0.15, 0.2) is 12.3 Å². The van der Waals surface area contributed by atoms with Gasteiger partial charge in [-0.1, -0.05) is 6.08 Å². The molecule has 1 atom stereocenters. The number of allylic oxidation sites excluding steroid dienone is 1. The van der Waals surface area contributed by atoms with Gasteiger partial charge in [-0.15, -0.1) is 0 Å². The van der Waals surface area contributed by atoms with Crippen LogP contribution in [0.2, 0.25) is 0 Å². The van der Waals surface area contributed by atoms with Gasteiger partial charge < -0.3 is 10.1 Å². The minimum absolute atomic E-state index is 0.0138. The molecule has 0 bridgehead atoms. The monoisotopic (exact) mass is 155 g/mol. The molecule has 0 fully saturated rings. The van der Waals surface area contributed by atoms with E-state index in [9.17, 15) is 4.79 Å². The Bertz CT molecular complexity index is 165. The standard InChI is InChI=1S/C8H13NO2/c1-2-11-8(10)7-4-3-5-9-6-7/h3,5,7,9H,2,4,6H2,1H3/t7-/m0/s1. The predicted octanol–water partition coefficient (Wildman–Crippen LogP) is 0.673. The van der Waals surface area contributed by atoms with Gasteiger partial charge in [0.15, 0.2) is 0 Å². The molecule has 0 amide bonds. The van der Waals surface area contributed by atoms with Crippen molar-refractivity contribution < 1.29 is 9.53 Å². The number of carbonyl (C=O) groups is 1. The van der Waals surface area contributed by atoms with E-state index in [4.69, 9.17) is 4.74 Å². The maximum Gasteiger partial charge on any atom is 0.311 e. The third-order valence-electron chi connectivity index (χ3n) is 1.64. The molecule has 0 saturated heterocycles. The highest BCUT2D eigenvalue weighted by atomic mass is 16.5. The molecule has 1 aliphatic heterocycles. The van der Waals surface area contributed by atoms with Crippen molar-refractivity contribution in [1.29, 1.82) is 0 Å². The summed E-state index contributed by atoms with van der Waals surface area (Å²) in [4.78, 5) is 11.1. The molecule has 1 rings (SSSR count). The topological polar surface area (TPSA) is 38.3 Å². The van der Waals surface area contributed by atoms with Crippen molar-refractivity contribution in [2.75, 3.05) is 13.2 Å². The number of ether oxygens (including phenoxy) is 1. The molecule has 0 aliphatic carbocycles. The molecule has 0 aromatic rings. The predicted molar refractivity (Wildman–Crippen MR) is 41.9 cm³/mol. The second-order valence-corrected chi connectivity index (χ2v) is 2.50. The molecule has 0 aromatic heterocycles. The third kappa shape index (κ3) is 2.26. The van der Waals surface area contributed by atoms with Gasteiger partial charge in [-0.3, -0.25) is 4.79 Å². The van der Waals surface area contributed by atoms with Crippen LogP contribution in [-0.2, 0) is 9.53 Å². The van der Waals surface area contributed by atoms with Crippen LogP contribution in [0.25, 0.3) is 0 Å². The average molecular weight is 155 g/mol. The van der Waals surface area contributed by atoms with Gasteiger partial charge in [0.25, 0.3) is 0 Å². The average Bonchev–Trinajstić information content (AvgIpc) is 2.07. The van der Waals surface area contributed by atoms with Crippen molar-refractivity contribution in [1.82, 2.24) is 5.32 Å². The van der Waals surface area contributed by atoms with Crippen LogP contribution in [0.3, 0.4) is 0 Å². The largest absolute Gasteiger partial charge is 0.466 e. The van der Waals surface area contributed by atoms with Crippen molar-refractivity contribution in [3.8, 4) is 0 Å². The van der Waals surface area contributed by atoms with Gasteiger partial charge >= 0.3 is 5.97 Å². The summed E-state index contributed by atoms with van der Waals surface area (Å²) < 4.78 is 4.87. The number of nitrogens with one attached hydrogen (secondary N) is 1. The molecule has 62 valence electrons. The summed E-state index contributed by atoms with van der Waals surface area (Å²) in [6.45, 7) is 3.00. The lowest BCUT2D eigenvalue weighted by Gasteiger charge is -2.16. The first-order chi connectivity index (χ1) is 5.34. The van der Waals surface area contributed by atoms with E-state index in [0.717, 1.165) is 6.42 Å². The Morgan fingerprint density at radius 1 is 1.82 bits per heavy atom. The molecule has 0 saturated carbocycles. The van der Waals surface area contributed by atoms with Crippen LogP contribution in [-0.4, -0.2) is 19.1 Å². The summed E-state index contributed by atoms with van der Waals surface area (Å²) in [5.74, 6) is -0.0794. The van der Waals surface area contributed by atoms with Crippen LogP contribution in [0.1, 0.15) is 13.3 Å². The Kier molecular flexibility index (Phi) is 2.95. The Balaban J connectivity index is 2.34. The van der Waals surface area contributed by atoms with Crippen LogP contribution in [0, 0.1) is 5.92 Å². The maximum absolute atomic E-state index is 11.1. The van der Waals surface area contributed by atoms with E-state index in [1.807, 2.05) is 19.2 Å². The van der Waals surface area contributed by atoms with Gasteiger partial charge in [0, 0.05) is 6.54 Å². The van der Waals surface area contributed by atoms with Gasteiger partial charge in [-0.25, -0.2) is 0 Å². The number of carbonyl (C=O) groups excluding carboxylic acids is 1. The molecule has 11 heavy (non-hydrogen) atoms. The number of rotatable bonds is 2. The maximum atomic E-state index is 11.1. The van der Waals surface area contributed by atoms with Crippen LogP contribution in [0.4, 0.5) is 0 Å². The third-order valence-corrected chi connectivity index (χ3v) is 1.64. The molecule has 0 unspecified atom stereocenters. The van der Waals surface area contributed by atoms with Gasteiger partial charge in [-0.2, -0.15) is 0 Å². The molecule has 1 N–H and O–H groups in total. The zero-order valence-corrected chi connectivity index (χ0v) is 6.67. The van der Waals surface area contributed by atoms with Crippen molar-refractivity contribution in [2.45, 2.75) is 13.3 Å². The molecule has 3 heteroatoms. The van der Waals surface area contributed by atoms with Crippen LogP contribution in [0.5, 0.6) is 0 Å². The first-order valence-electron chi connectivity index (χ1n) is 3.89. The van der Waals surface area contributed by atoms with E-state index in [-0.39, 0.29) is 11.9 Å². The van der Waals surface area contributed by atoms with Crippen LogP contribution >= 0.6 is 0 Å². The lowest BCUT2D eigenvalue weighted by atomic mass is 10.0. The van der Waals surface area contributed by atoms with E-state index < -0.39 is 0 Å². The lowest BCUT2D eigenvalue weighted by molar-refractivity contribution is -0.147. The minimum Gasteiger partial charge on any atom is -0.466 e. The summed E-state index contributed by atoms with van der Waals surface area (Å²) in [6.07, 6.45) is 4.62. The van der Waals surface area contributed by atoms with E-state index in [2.05, 4.69) is 5.32 Å². The Labute approximate surface area is 66.4 Å². The SMILES string of the molecule is CCOC(=O)[C@H]1CC=CNC1. The fourth-order valence-electron chi connectivity index (χ4n) is 1.05. The number of hydrogen-bond donors (Lipinski definition) is 1. The highest BCUT2D eigenvalue weighted by Gasteiger charge is 2.19. The fraction of sp³-hybridized carbons (Fsp3) is 0.625. The zero-order valence-electron chi connectivity index (χ0n) is 6.67. The van der Waals surface area contributed by atoms with E-state index in [0.29, 0.717) is 13.2 Å². The molecule has 0 aromatic carbocycles. The van der Waals surface area contributed by atoms with E-state index in [1.54, 1.807) is 0 Å². The van der Waals surface area contributed by atoms with Crippen molar-refractivity contribution in [3.05, 3.63) is 12.3 Å². The van der Waals surface area contributed by atoms with Crippen molar-refractivity contribution >= 4 is 5.97 Å². The number of esters is 1. The van der Waals surface area contributed by atoms with Crippen LogP contribution < -0.4 is 5.32 Å². The summed E-state index contributed by atoms with van der Waals surface area (Å²) in [5.41, 5.74) is 0. The van der Waals surface area contributed by atoms with Gasteiger partial charge in [0.1, 0.15) is 0 Å². The van der Waals surface area contributed by atoms with Crippen molar-refractivity contribution in [3.63, 3.8) is 0 Å². The molecular formula is C8H13NO2.